The number of nitrogens with zero attached hydrogens (tertiary/aromatic N) is 2. The molecule has 0 atom stereocenters. The third-order valence-electron chi connectivity index (χ3n) is 2.59. The van der Waals surface area contributed by atoms with Crippen LogP contribution in [0.15, 0.2) is 12.1 Å². The van der Waals surface area contributed by atoms with E-state index in [-0.39, 0.29) is 0 Å². The third kappa shape index (κ3) is 1.98. The maximum atomic E-state index is 11.2. The topological polar surface area (TPSA) is 53.4 Å². The molecule has 0 saturated heterocycles. The van der Waals surface area contributed by atoms with Gasteiger partial charge in [-0.25, -0.2) is 9.78 Å². The van der Waals surface area contributed by atoms with Gasteiger partial charge in [0.05, 0.1) is 5.69 Å². The molecule has 0 aliphatic rings. The number of carboxylic acid groups (broad SMARTS) is 1. The average molecular weight is 250 g/mol. The van der Waals surface area contributed by atoms with Crippen LogP contribution in [0.1, 0.15) is 22.3 Å². The predicted octanol–water partition coefficient (Wildman–Crippen LogP) is 2.62. The minimum absolute atomic E-state index is 0.353. The summed E-state index contributed by atoms with van der Waals surface area (Å²) >= 11 is 1.24. The Morgan fingerprint density at radius 3 is 2.71 bits per heavy atom. The molecule has 2 heterocycles. The van der Waals surface area contributed by atoms with Crippen LogP contribution in [-0.4, -0.2) is 30.2 Å². The van der Waals surface area contributed by atoms with E-state index in [1.54, 1.807) is 0 Å². The summed E-state index contributed by atoms with van der Waals surface area (Å²) in [5.74, 6) is -0.894. The number of hydrogen-bond donors (Lipinski definition) is 1. The fraction of sp³-hybridized carbons (Fsp3) is 0.333. The van der Waals surface area contributed by atoms with E-state index in [1.807, 2.05) is 38.1 Å². The first kappa shape index (κ1) is 11.9. The number of rotatable bonds is 3. The van der Waals surface area contributed by atoms with Gasteiger partial charge in [0.25, 0.3) is 0 Å². The first-order chi connectivity index (χ1) is 8.04. The number of aromatic nitrogens is 1. The molecule has 0 spiro atoms. The number of anilines is 1. The minimum atomic E-state index is -0.894. The van der Waals surface area contributed by atoms with Gasteiger partial charge in [-0.3, -0.25) is 0 Å². The van der Waals surface area contributed by atoms with Crippen LogP contribution >= 0.6 is 11.3 Å². The van der Waals surface area contributed by atoms with Gasteiger partial charge in [-0.2, -0.15) is 0 Å². The highest BCUT2D eigenvalue weighted by Crippen LogP contribution is 2.36. The number of thiophene rings is 1. The van der Waals surface area contributed by atoms with Gasteiger partial charge in [-0.15, -0.1) is 11.3 Å². The number of carboxylic acids is 1. The molecule has 0 saturated carbocycles. The summed E-state index contributed by atoms with van der Waals surface area (Å²) in [6, 6.07) is 3.91. The third-order valence-corrected chi connectivity index (χ3v) is 3.67. The van der Waals surface area contributed by atoms with E-state index in [9.17, 15) is 9.90 Å². The molecule has 0 bridgehead atoms. The van der Waals surface area contributed by atoms with Crippen LogP contribution in [0.2, 0.25) is 0 Å². The normalized spacial score (nSPS) is 10.8. The number of fused-ring (bicyclic) bond motifs is 1. The molecule has 0 aliphatic carbocycles. The van der Waals surface area contributed by atoms with E-state index in [0.717, 1.165) is 28.0 Å². The summed E-state index contributed by atoms with van der Waals surface area (Å²) in [4.78, 5) is 18.7. The lowest BCUT2D eigenvalue weighted by molar-refractivity contribution is 0.0703. The molecule has 0 aliphatic heterocycles. The zero-order chi connectivity index (χ0) is 12.6. The molecule has 2 aromatic heterocycles. The Balaban J connectivity index is 2.74. The maximum Gasteiger partial charge on any atom is 0.348 e. The molecular weight excluding hydrogens is 236 g/mol. The molecule has 2 aromatic rings. The fourth-order valence-electron chi connectivity index (χ4n) is 1.79. The second kappa shape index (κ2) is 4.33. The van der Waals surface area contributed by atoms with Crippen LogP contribution in [0.4, 0.5) is 5.69 Å². The highest BCUT2D eigenvalue weighted by Gasteiger charge is 2.19. The Bertz CT molecular complexity index is 575. The first-order valence-corrected chi connectivity index (χ1v) is 6.19. The molecule has 0 unspecified atom stereocenters. The molecule has 90 valence electrons. The zero-order valence-corrected chi connectivity index (χ0v) is 10.8. The average Bonchev–Trinajstić information content (AvgIpc) is 2.66. The van der Waals surface area contributed by atoms with Crippen molar-refractivity contribution in [2.45, 2.75) is 13.3 Å². The predicted molar refractivity (Wildman–Crippen MR) is 70.3 cm³/mol. The molecule has 0 fully saturated rings. The van der Waals surface area contributed by atoms with Gasteiger partial charge in [0.15, 0.2) is 0 Å². The summed E-state index contributed by atoms with van der Waals surface area (Å²) in [5.41, 5.74) is 1.73. The quantitative estimate of drug-likeness (QED) is 0.909. The smallest absolute Gasteiger partial charge is 0.348 e. The Labute approximate surface area is 104 Å². The number of carbonyl (C=O) groups is 1. The van der Waals surface area contributed by atoms with Crippen molar-refractivity contribution in [2.24, 2.45) is 0 Å². The number of pyridine rings is 1. The van der Waals surface area contributed by atoms with Crippen molar-refractivity contribution in [3.63, 3.8) is 0 Å². The van der Waals surface area contributed by atoms with Crippen LogP contribution < -0.4 is 4.90 Å². The van der Waals surface area contributed by atoms with Crippen LogP contribution in [0.25, 0.3) is 10.2 Å². The molecule has 0 radical (unpaired) electrons. The molecule has 17 heavy (non-hydrogen) atoms. The van der Waals surface area contributed by atoms with Gasteiger partial charge in [0, 0.05) is 25.2 Å². The zero-order valence-electron chi connectivity index (χ0n) is 10.0. The van der Waals surface area contributed by atoms with Gasteiger partial charge in [-0.1, -0.05) is 6.92 Å². The van der Waals surface area contributed by atoms with Crippen molar-refractivity contribution in [1.82, 2.24) is 4.98 Å². The van der Waals surface area contributed by atoms with E-state index in [0.29, 0.717) is 4.88 Å². The molecule has 1 N–H and O–H groups in total. The minimum Gasteiger partial charge on any atom is -0.477 e. The standard InChI is InChI=1S/C12H14N2O2S/c1-4-7-5-6-8-9(14(2)3)10(12(15)16)17-11(8)13-7/h5-6H,4H2,1-3H3,(H,15,16). The monoisotopic (exact) mass is 250 g/mol. The van der Waals surface area contributed by atoms with Crippen molar-refractivity contribution in [3.05, 3.63) is 22.7 Å². The molecule has 2 rings (SSSR count). The molecule has 5 heteroatoms. The van der Waals surface area contributed by atoms with Crippen molar-refractivity contribution >= 4 is 33.2 Å². The highest BCUT2D eigenvalue weighted by molar-refractivity contribution is 7.21. The van der Waals surface area contributed by atoms with E-state index in [2.05, 4.69) is 4.98 Å². The Hall–Kier alpha value is -1.62. The van der Waals surface area contributed by atoms with E-state index < -0.39 is 5.97 Å². The first-order valence-electron chi connectivity index (χ1n) is 5.37. The largest absolute Gasteiger partial charge is 0.477 e. The summed E-state index contributed by atoms with van der Waals surface area (Å²) in [7, 11) is 3.70. The van der Waals surface area contributed by atoms with Crippen LogP contribution in [0.5, 0.6) is 0 Å². The van der Waals surface area contributed by atoms with Crippen LogP contribution in [0.3, 0.4) is 0 Å². The lowest BCUT2D eigenvalue weighted by Gasteiger charge is -2.12. The number of aryl methyl sites for hydroxylation is 1. The molecule has 4 nitrogen and oxygen atoms in total. The Morgan fingerprint density at radius 2 is 2.18 bits per heavy atom. The fourth-order valence-corrected chi connectivity index (χ4v) is 2.90. The van der Waals surface area contributed by atoms with E-state index in [1.165, 1.54) is 11.3 Å². The lowest BCUT2D eigenvalue weighted by atomic mass is 10.2. The van der Waals surface area contributed by atoms with Crippen LogP contribution in [-0.2, 0) is 6.42 Å². The van der Waals surface area contributed by atoms with Gasteiger partial charge in [-0.05, 0) is 18.6 Å². The van der Waals surface area contributed by atoms with Gasteiger partial charge in [0.2, 0.25) is 0 Å². The lowest BCUT2D eigenvalue weighted by Crippen LogP contribution is -2.11. The van der Waals surface area contributed by atoms with Crippen molar-refractivity contribution in [2.75, 3.05) is 19.0 Å². The SMILES string of the molecule is CCc1ccc2c(N(C)C)c(C(=O)O)sc2n1. The van der Waals surface area contributed by atoms with Crippen molar-refractivity contribution in [3.8, 4) is 0 Å². The molecular formula is C12H14N2O2S. The van der Waals surface area contributed by atoms with Gasteiger partial charge >= 0.3 is 5.97 Å². The molecule has 0 aromatic carbocycles. The van der Waals surface area contributed by atoms with Crippen LogP contribution in [0, 0.1) is 0 Å². The van der Waals surface area contributed by atoms with Crippen molar-refractivity contribution in [1.29, 1.82) is 0 Å². The molecule has 0 amide bonds. The van der Waals surface area contributed by atoms with Gasteiger partial charge < -0.3 is 10.0 Å². The van der Waals surface area contributed by atoms with E-state index in [4.69, 9.17) is 0 Å². The van der Waals surface area contributed by atoms with Gasteiger partial charge in [0.1, 0.15) is 9.71 Å². The van der Waals surface area contributed by atoms with E-state index >= 15 is 0 Å². The summed E-state index contributed by atoms with van der Waals surface area (Å²) in [6.07, 6.45) is 0.855. The summed E-state index contributed by atoms with van der Waals surface area (Å²) in [5, 5.41) is 10.1. The Morgan fingerprint density at radius 1 is 1.47 bits per heavy atom. The number of hydrogen-bond acceptors (Lipinski definition) is 4. The highest BCUT2D eigenvalue weighted by atomic mass is 32.1. The van der Waals surface area contributed by atoms with Crippen molar-refractivity contribution < 1.29 is 9.90 Å². The maximum absolute atomic E-state index is 11.2. The number of aromatic carboxylic acids is 1. The summed E-state index contributed by atoms with van der Waals surface area (Å²) in [6.45, 7) is 2.03. The summed E-state index contributed by atoms with van der Waals surface area (Å²) < 4.78 is 0. The second-order valence-electron chi connectivity index (χ2n) is 3.99. The second-order valence-corrected chi connectivity index (χ2v) is 4.99. The Kier molecular flexibility index (Phi) is 3.02.